The first-order valence-corrected chi connectivity index (χ1v) is 6.72. The number of likely N-dealkylation sites (tertiary alicyclic amines) is 1. The molecular weight excluding hydrogens is 229 g/mol. The standard InChI is InChI=1S/C14H22FN3/c1-11(2)17-9-14-4-3-5-18(14)10-12-6-13(15)8-16-7-12/h6-8,11,14,17H,3-5,9-10H2,1-2H3. The van der Waals surface area contributed by atoms with Crippen LogP contribution in [-0.2, 0) is 6.54 Å². The van der Waals surface area contributed by atoms with Gasteiger partial charge in [0, 0.05) is 31.4 Å². The maximum Gasteiger partial charge on any atom is 0.141 e. The molecule has 0 aromatic carbocycles. The summed E-state index contributed by atoms with van der Waals surface area (Å²) in [5, 5.41) is 3.48. The molecule has 1 atom stereocenters. The van der Waals surface area contributed by atoms with Gasteiger partial charge in [-0.25, -0.2) is 4.39 Å². The van der Waals surface area contributed by atoms with Crippen molar-refractivity contribution in [3.05, 3.63) is 29.8 Å². The topological polar surface area (TPSA) is 28.2 Å². The first kappa shape index (κ1) is 13.4. The highest BCUT2D eigenvalue weighted by Crippen LogP contribution is 2.19. The Bertz CT molecular complexity index is 381. The summed E-state index contributed by atoms with van der Waals surface area (Å²) in [6.07, 6.45) is 5.47. The molecule has 1 fully saturated rings. The first-order chi connectivity index (χ1) is 8.65. The summed E-state index contributed by atoms with van der Waals surface area (Å²) in [6.45, 7) is 7.24. The Hall–Kier alpha value is -1.00. The minimum atomic E-state index is -0.247. The van der Waals surface area contributed by atoms with Gasteiger partial charge in [-0.3, -0.25) is 9.88 Å². The quantitative estimate of drug-likeness (QED) is 0.869. The summed E-state index contributed by atoms with van der Waals surface area (Å²) < 4.78 is 13.1. The fourth-order valence-electron chi connectivity index (χ4n) is 2.48. The second-order valence-corrected chi connectivity index (χ2v) is 5.34. The molecule has 1 aliphatic rings. The lowest BCUT2D eigenvalue weighted by Gasteiger charge is -2.25. The third kappa shape index (κ3) is 3.75. The molecule has 1 N–H and O–H groups in total. The minimum absolute atomic E-state index is 0.247. The summed E-state index contributed by atoms with van der Waals surface area (Å²) in [5.74, 6) is -0.247. The zero-order valence-corrected chi connectivity index (χ0v) is 11.2. The molecule has 1 aromatic heterocycles. The summed E-state index contributed by atoms with van der Waals surface area (Å²) >= 11 is 0. The van der Waals surface area contributed by atoms with Crippen LogP contribution >= 0.6 is 0 Å². The molecule has 4 heteroatoms. The second kappa shape index (κ2) is 6.25. The van der Waals surface area contributed by atoms with Crippen molar-refractivity contribution in [2.24, 2.45) is 0 Å². The van der Waals surface area contributed by atoms with Gasteiger partial charge in [0.1, 0.15) is 5.82 Å². The average Bonchev–Trinajstić information content (AvgIpc) is 2.74. The molecule has 1 saturated heterocycles. The molecule has 0 saturated carbocycles. The van der Waals surface area contributed by atoms with E-state index in [0.717, 1.165) is 25.2 Å². The van der Waals surface area contributed by atoms with E-state index < -0.39 is 0 Å². The molecule has 18 heavy (non-hydrogen) atoms. The van der Waals surface area contributed by atoms with E-state index in [0.29, 0.717) is 12.1 Å². The van der Waals surface area contributed by atoms with Gasteiger partial charge in [-0.05, 0) is 31.0 Å². The summed E-state index contributed by atoms with van der Waals surface area (Å²) in [5.41, 5.74) is 0.964. The Morgan fingerprint density at radius 3 is 3.06 bits per heavy atom. The van der Waals surface area contributed by atoms with Crippen molar-refractivity contribution in [2.45, 2.75) is 45.3 Å². The Morgan fingerprint density at radius 1 is 1.50 bits per heavy atom. The smallest absolute Gasteiger partial charge is 0.141 e. The summed E-state index contributed by atoms with van der Waals surface area (Å²) in [7, 11) is 0. The number of halogens is 1. The minimum Gasteiger partial charge on any atom is -0.313 e. The van der Waals surface area contributed by atoms with Crippen LogP contribution in [0.25, 0.3) is 0 Å². The average molecular weight is 251 g/mol. The van der Waals surface area contributed by atoms with Crippen LogP contribution in [0, 0.1) is 5.82 Å². The van der Waals surface area contributed by atoms with Gasteiger partial charge in [-0.1, -0.05) is 13.8 Å². The fraction of sp³-hybridized carbons (Fsp3) is 0.643. The number of nitrogens with zero attached hydrogens (tertiary/aromatic N) is 2. The molecule has 0 radical (unpaired) electrons. The lowest BCUT2D eigenvalue weighted by atomic mass is 10.2. The third-order valence-corrected chi connectivity index (χ3v) is 3.41. The van der Waals surface area contributed by atoms with Gasteiger partial charge in [-0.15, -0.1) is 0 Å². The molecule has 0 spiro atoms. The van der Waals surface area contributed by atoms with Gasteiger partial charge in [0.15, 0.2) is 0 Å². The first-order valence-electron chi connectivity index (χ1n) is 6.72. The lowest BCUT2D eigenvalue weighted by molar-refractivity contribution is 0.235. The van der Waals surface area contributed by atoms with Crippen molar-refractivity contribution >= 4 is 0 Å². The molecule has 2 heterocycles. The van der Waals surface area contributed by atoms with Crippen molar-refractivity contribution in [2.75, 3.05) is 13.1 Å². The van der Waals surface area contributed by atoms with Crippen LogP contribution in [0.5, 0.6) is 0 Å². The molecule has 0 aliphatic carbocycles. The highest BCUT2D eigenvalue weighted by atomic mass is 19.1. The van der Waals surface area contributed by atoms with E-state index in [1.165, 1.54) is 19.0 Å². The van der Waals surface area contributed by atoms with Gasteiger partial charge >= 0.3 is 0 Å². The normalized spacial score (nSPS) is 20.8. The molecule has 2 rings (SSSR count). The molecule has 1 unspecified atom stereocenters. The number of nitrogens with one attached hydrogen (secondary N) is 1. The molecule has 1 aliphatic heterocycles. The van der Waals surface area contributed by atoms with E-state index in [9.17, 15) is 4.39 Å². The molecular formula is C14H22FN3. The van der Waals surface area contributed by atoms with E-state index in [2.05, 4.69) is 29.0 Å². The van der Waals surface area contributed by atoms with Gasteiger partial charge in [0.05, 0.1) is 6.20 Å². The molecule has 1 aromatic rings. The predicted molar refractivity (Wildman–Crippen MR) is 70.8 cm³/mol. The van der Waals surface area contributed by atoms with Crippen molar-refractivity contribution in [1.82, 2.24) is 15.2 Å². The third-order valence-electron chi connectivity index (χ3n) is 3.41. The largest absolute Gasteiger partial charge is 0.313 e. The Balaban J connectivity index is 1.91. The zero-order valence-electron chi connectivity index (χ0n) is 11.2. The van der Waals surface area contributed by atoms with Gasteiger partial charge in [0.2, 0.25) is 0 Å². The second-order valence-electron chi connectivity index (χ2n) is 5.34. The van der Waals surface area contributed by atoms with Crippen molar-refractivity contribution < 1.29 is 4.39 Å². The predicted octanol–water partition coefficient (Wildman–Crippen LogP) is 2.18. The van der Waals surface area contributed by atoms with Crippen molar-refractivity contribution in [1.29, 1.82) is 0 Å². The molecule has 3 nitrogen and oxygen atoms in total. The van der Waals surface area contributed by atoms with E-state index in [-0.39, 0.29) is 5.82 Å². The van der Waals surface area contributed by atoms with Crippen LogP contribution in [-0.4, -0.2) is 35.1 Å². The van der Waals surface area contributed by atoms with E-state index >= 15 is 0 Å². The SMILES string of the molecule is CC(C)NCC1CCCN1Cc1cncc(F)c1. The molecule has 100 valence electrons. The molecule has 0 amide bonds. The highest BCUT2D eigenvalue weighted by Gasteiger charge is 2.24. The summed E-state index contributed by atoms with van der Waals surface area (Å²) in [4.78, 5) is 6.33. The fourth-order valence-corrected chi connectivity index (χ4v) is 2.48. The van der Waals surface area contributed by atoms with Crippen LogP contribution in [0.15, 0.2) is 18.5 Å². The Morgan fingerprint density at radius 2 is 2.33 bits per heavy atom. The number of pyridine rings is 1. The van der Waals surface area contributed by atoms with Crippen LogP contribution in [0.4, 0.5) is 4.39 Å². The van der Waals surface area contributed by atoms with Crippen LogP contribution in [0.1, 0.15) is 32.3 Å². The van der Waals surface area contributed by atoms with Crippen molar-refractivity contribution in [3.8, 4) is 0 Å². The van der Waals surface area contributed by atoms with Crippen LogP contribution in [0.2, 0.25) is 0 Å². The van der Waals surface area contributed by atoms with Gasteiger partial charge < -0.3 is 5.32 Å². The number of hydrogen-bond donors (Lipinski definition) is 1. The van der Waals surface area contributed by atoms with Crippen molar-refractivity contribution in [3.63, 3.8) is 0 Å². The van der Waals surface area contributed by atoms with Crippen LogP contribution < -0.4 is 5.32 Å². The zero-order chi connectivity index (χ0) is 13.0. The molecule has 0 bridgehead atoms. The lowest BCUT2D eigenvalue weighted by Crippen LogP contribution is -2.39. The monoisotopic (exact) mass is 251 g/mol. The van der Waals surface area contributed by atoms with E-state index in [1.807, 2.05) is 0 Å². The van der Waals surface area contributed by atoms with Gasteiger partial charge in [-0.2, -0.15) is 0 Å². The van der Waals surface area contributed by atoms with Gasteiger partial charge in [0.25, 0.3) is 0 Å². The van der Waals surface area contributed by atoms with Crippen LogP contribution in [0.3, 0.4) is 0 Å². The maximum absolute atomic E-state index is 13.1. The highest BCUT2D eigenvalue weighted by molar-refractivity contribution is 5.10. The van der Waals surface area contributed by atoms with E-state index in [4.69, 9.17) is 0 Å². The Kier molecular flexibility index (Phi) is 4.66. The summed E-state index contributed by atoms with van der Waals surface area (Å²) in [6, 6.07) is 2.66. The number of rotatable bonds is 5. The Labute approximate surface area is 108 Å². The number of hydrogen-bond acceptors (Lipinski definition) is 3. The van der Waals surface area contributed by atoms with E-state index in [1.54, 1.807) is 12.3 Å². The maximum atomic E-state index is 13.1. The number of aromatic nitrogens is 1.